The van der Waals surface area contributed by atoms with E-state index in [-0.39, 0.29) is 5.91 Å². The summed E-state index contributed by atoms with van der Waals surface area (Å²) in [5, 5.41) is 19.4. The molecule has 2 rings (SSSR count). The van der Waals surface area contributed by atoms with E-state index in [1.54, 1.807) is 13.0 Å². The van der Waals surface area contributed by atoms with E-state index in [2.05, 4.69) is 15.5 Å². The van der Waals surface area contributed by atoms with Crippen LogP contribution < -0.4 is 5.32 Å². The minimum absolute atomic E-state index is 0.300. The quantitative estimate of drug-likeness (QED) is 0.856. The molecule has 0 aromatic carbocycles. The number of aromatic nitrogens is 2. The first-order valence-electron chi connectivity index (χ1n) is 6.35. The largest absolute Gasteiger partial charge is 0.481 e. The smallest absolute Gasteiger partial charge is 0.308 e. The van der Waals surface area contributed by atoms with Gasteiger partial charge < -0.3 is 10.4 Å². The summed E-state index contributed by atoms with van der Waals surface area (Å²) in [6, 6.07) is 1.56. The molecule has 1 heterocycles. The van der Waals surface area contributed by atoms with Crippen molar-refractivity contribution >= 4 is 11.9 Å². The van der Waals surface area contributed by atoms with Gasteiger partial charge in [0, 0.05) is 0 Å². The molecule has 0 radical (unpaired) electrons. The molecule has 0 bridgehead atoms. The van der Waals surface area contributed by atoms with E-state index in [0.29, 0.717) is 18.4 Å². The molecule has 1 fully saturated rings. The average molecular weight is 263 g/mol. The van der Waals surface area contributed by atoms with Crippen LogP contribution in [0.5, 0.6) is 0 Å². The molecule has 1 aliphatic carbocycles. The monoisotopic (exact) mass is 263 g/mol. The van der Waals surface area contributed by atoms with Crippen molar-refractivity contribution in [1.82, 2.24) is 15.5 Å². The summed E-state index contributed by atoms with van der Waals surface area (Å²) in [5.74, 6) is -1.69. The molecule has 1 aromatic heterocycles. The number of carboxylic acids is 1. The fourth-order valence-electron chi connectivity index (χ4n) is 2.64. The summed E-state index contributed by atoms with van der Waals surface area (Å²) < 4.78 is 0. The van der Waals surface area contributed by atoms with Gasteiger partial charge in [0.2, 0.25) is 0 Å². The number of carbonyl (C=O) groups excluding carboxylic acids is 1. The van der Waals surface area contributed by atoms with Crippen molar-refractivity contribution in [3.05, 3.63) is 24.0 Å². The van der Waals surface area contributed by atoms with E-state index in [9.17, 15) is 14.7 Å². The zero-order valence-corrected chi connectivity index (χ0v) is 10.8. The number of aliphatic carboxylic acids is 1. The minimum Gasteiger partial charge on any atom is -0.481 e. The van der Waals surface area contributed by atoms with Gasteiger partial charge in [-0.15, -0.1) is 0 Å². The number of carbonyl (C=O) groups is 2. The maximum atomic E-state index is 12.1. The first-order chi connectivity index (χ1) is 9.03. The number of carboxylic acid groups (broad SMARTS) is 1. The van der Waals surface area contributed by atoms with Crippen LogP contribution in [0.2, 0.25) is 0 Å². The van der Waals surface area contributed by atoms with Crippen molar-refractivity contribution in [3.8, 4) is 0 Å². The predicted octanol–water partition coefficient (Wildman–Crippen LogP) is 1.24. The summed E-state index contributed by atoms with van der Waals surface area (Å²) in [5.41, 5.74) is -0.310. The highest BCUT2D eigenvalue weighted by molar-refractivity contribution is 5.94. The molecule has 102 valence electrons. The van der Waals surface area contributed by atoms with Crippen LogP contribution in [-0.2, 0) is 4.79 Å². The molecule has 0 saturated heterocycles. The molecule has 19 heavy (non-hydrogen) atoms. The molecule has 1 aliphatic rings. The Morgan fingerprint density at radius 2 is 2.21 bits per heavy atom. The van der Waals surface area contributed by atoms with Gasteiger partial charge in [-0.3, -0.25) is 9.59 Å². The standard InChI is InChI=1S/C13H17N3O3/c1-13(6-3-2-4-10(13)12(18)19)16-11(17)9-5-7-14-15-8-9/h5,7-8,10H,2-4,6H2,1H3,(H,16,17)(H,18,19). The Bertz CT molecular complexity index is 477. The highest BCUT2D eigenvalue weighted by Crippen LogP contribution is 2.34. The van der Waals surface area contributed by atoms with E-state index in [1.807, 2.05) is 0 Å². The van der Waals surface area contributed by atoms with Crippen molar-refractivity contribution in [2.24, 2.45) is 5.92 Å². The van der Waals surface area contributed by atoms with Gasteiger partial charge in [0.15, 0.2) is 0 Å². The van der Waals surface area contributed by atoms with Crippen molar-refractivity contribution in [2.75, 3.05) is 0 Å². The van der Waals surface area contributed by atoms with Crippen LogP contribution in [0.1, 0.15) is 43.0 Å². The molecule has 0 aliphatic heterocycles. The maximum absolute atomic E-state index is 12.1. The van der Waals surface area contributed by atoms with Gasteiger partial charge in [-0.1, -0.05) is 12.8 Å². The Morgan fingerprint density at radius 3 is 2.84 bits per heavy atom. The van der Waals surface area contributed by atoms with Gasteiger partial charge in [-0.2, -0.15) is 10.2 Å². The number of nitrogens with zero attached hydrogens (tertiary/aromatic N) is 2. The molecule has 6 heteroatoms. The highest BCUT2D eigenvalue weighted by atomic mass is 16.4. The Labute approximate surface area is 111 Å². The zero-order chi connectivity index (χ0) is 13.9. The summed E-state index contributed by atoms with van der Waals surface area (Å²) in [4.78, 5) is 23.4. The molecule has 2 atom stereocenters. The number of hydrogen-bond donors (Lipinski definition) is 2. The lowest BCUT2D eigenvalue weighted by molar-refractivity contribution is -0.145. The van der Waals surface area contributed by atoms with Crippen LogP contribution in [0, 0.1) is 5.92 Å². The highest BCUT2D eigenvalue weighted by Gasteiger charge is 2.42. The normalized spacial score (nSPS) is 26.7. The third kappa shape index (κ3) is 2.89. The molecular weight excluding hydrogens is 246 g/mol. The summed E-state index contributed by atoms with van der Waals surface area (Å²) in [6.07, 6.45) is 5.90. The van der Waals surface area contributed by atoms with E-state index < -0.39 is 17.4 Å². The fraction of sp³-hybridized carbons (Fsp3) is 0.538. The van der Waals surface area contributed by atoms with E-state index in [4.69, 9.17) is 0 Å². The second-order valence-corrected chi connectivity index (χ2v) is 5.14. The lowest BCUT2D eigenvalue weighted by atomic mass is 9.74. The number of rotatable bonds is 3. The van der Waals surface area contributed by atoms with Crippen molar-refractivity contribution in [3.63, 3.8) is 0 Å². The lowest BCUT2D eigenvalue weighted by Crippen LogP contribution is -2.55. The van der Waals surface area contributed by atoms with Crippen LogP contribution in [0.3, 0.4) is 0 Å². The third-order valence-corrected chi connectivity index (χ3v) is 3.75. The van der Waals surface area contributed by atoms with Gasteiger partial charge in [-0.25, -0.2) is 0 Å². The second kappa shape index (κ2) is 5.34. The number of nitrogens with one attached hydrogen (secondary N) is 1. The fourth-order valence-corrected chi connectivity index (χ4v) is 2.64. The summed E-state index contributed by atoms with van der Waals surface area (Å²) >= 11 is 0. The third-order valence-electron chi connectivity index (χ3n) is 3.75. The van der Waals surface area contributed by atoms with E-state index >= 15 is 0 Å². The van der Waals surface area contributed by atoms with Gasteiger partial charge in [0.1, 0.15) is 0 Å². The molecule has 6 nitrogen and oxygen atoms in total. The molecule has 0 spiro atoms. The van der Waals surface area contributed by atoms with Gasteiger partial charge in [0.25, 0.3) is 5.91 Å². The summed E-state index contributed by atoms with van der Waals surface area (Å²) in [6.45, 7) is 1.80. The Morgan fingerprint density at radius 1 is 1.42 bits per heavy atom. The van der Waals surface area contributed by atoms with Gasteiger partial charge in [0.05, 0.1) is 29.4 Å². The van der Waals surface area contributed by atoms with Crippen LogP contribution in [0.4, 0.5) is 0 Å². The van der Waals surface area contributed by atoms with Crippen molar-refractivity contribution in [1.29, 1.82) is 0 Å². The molecule has 2 unspecified atom stereocenters. The van der Waals surface area contributed by atoms with Crippen molar-refractivity contribution < 1.29 is 14.7 Å². The Balaban J connectivity index is 2.15. The number of hydrogen-bond acceptors (Lipinski definition) is 4. The van der Waals surface area contributed by atoms with Crippen LogP contribution in [-0.4, -0.2) is 32.7 Å². The first-order valence-corrected chi connectivity index (χ1v) is 6.35. The SMILES string of the molecule is CC1(NC(=O)c2ccnnc2)CCCCC1C(=O)O. The summed E-state index contributed by atoms with van der Waals surface area (Å²) in [7, 11) is 0. The van der Waals surface area contributed by atoms with Gasteiger partial charge in [-0.05, 0) is 25.8 Å². The number of amides is 1. The van der Waals surface area contributed by atoms with Crippen LogP contribution in [0.25, 0.3) is 0 Å². The molecule has 1 aromatic rings. The second-order valence-electron chi connectivity index (χ2n) is 5.14. The first kappa shape index (κ1) is 13.5. The lowest BCUT2D eigenvalue weighted by Gasteiger charge is -2.39. The molecular formula is C13H17N3O3. The van der Waals surface area contributed by atoms with Crippen LogP contribution in [0.15, 0.2) is 18.5 Å². The topological polar surface area (TPSA) is 92.2 Å². The van der Waals surface area contributed by atoms with Gasteiger partial charge >= 0.3 is 5.97 Å². The molecule has 2 N–H and O–H groups in total. The Kier molecular flexibility index (Phi) is 3.78. The van der Waals surface area contributed by atoms with E-state index in [0.717, 1.165) is 12.8 Å². The Hall–Kier alpha value is -1.98. The minimum atomic E-state index is -0.852. The maximum Gasteiger partial charge on any atom is 0.308 e. The molecule has 1 amide bonds. The zero-order valence-electron chi connectivity index (χ0n) is 10.8. The van der Waals surface area contributed by atoms with Crippen LogP contribution >= 0.6 is 0 Å². The average Bonchev–Trinajstić information content (AvgIpc) is 2.39. The van der Waals surface area contributed by atoms with Crippen molar-refractivity contribution in [2.45, 2.75) is 38.1 Å². The predicted molar refractivity (Wildman–Crippen MR) is 67.5 cm³/mol. The molecule has 1 saturated carbocycles. The van der Waals surface area contributed by atoms with E-state index in [1.165, 1.54) is 12.4 Å².